The molecule has 2 atom stereocenters. The van der Waals surface area contributed by atoms with Crippen LogP contribution in [0.5, 0.6) is 0 Å². The lowest BCUT2D eigenvalue weighted by atomic mass is 9.76. The summed E-state index contributed by atoms with van der Waals surface area (Å²) in [5.74, 6) is -1.40. The Morgan fingerprint density at radius 2 is 2.00 bits per heavy atom. The lowest BCUT2D eigenvalue weighted by molar-refractivity contribution is 0.0355. The van der Waals surface area contributed by atoms with Gasteiger partial charge in [0.05, 0.1) is 5.56 Å². The van der Waals surface area contributed by atoms with Crippen LogP contribution < -0.4 is 5.32 Å². The molecule has 5 heteroatoms. The molecule has 1 aliphatic rings. The highest BCUT2D eigenvalue weighted by Gasteiger charge is 2.49. The molecule has 1 unspecified atom stereocenters. The van der Waals surface area contributed by atoms with Crippen LogP contribution in [0.15, 0.2) is 42.7 Å². The third kappa shape index (κ3) is 2.58. The van der Waals surface area contributed by atoms with E-state index in [2.05, 4.69) is 10.3 Å². The van der Waals surface area contributed by atoms with Crippen molar-refractivity contribution in [3.63, 3.8) is 0 Å². The van der Waals surface area contributed by atoms with Gasteiger partial charge >= 0.3 is 0 Å². The zero-order valence-electron chi connectivity index (χ0n) is 13.9. The molecule has 1 aromatic heterocycles. The van der Waals surface area contributed by atoms with Gasteiger partial charge in [0.2, 0.25) is 6.43 Å². The average Bonchev–Trinajstić information content (AvgIpc) is 2.75. The van der Waals surface area contributed by atoms with Crippen molar-refractivity contribution < 1.29 is 13.6 Å². The van der Waals surface area contributed by atoms with Crippen molar-refractivity contribution in [2.75, 3.05) is 5.32 Å². The highest BCUT2D eigenvalue weighted by atomic mass is 19.3. The van der Waals surface area contributed by atoms with E-state index in [-0.39, 0.29) is 11.8 Å². The van der Waals surface area contributed by atoms with Crippen LogP contribution in [0.3, 0.4) is 0 Å². The number of nitrogens with one attached hydrogen (secondary N) is 1. The molecule has 2 aromatic rings. The second-order valence-electron chi connectivity index (χ2n) is 6.83. The van der Waals surface area contributed by atoms with Gasteiger partial charge in [0, 0.05) is 24.0 Å². The highest BCUT2D eigenvalue weighted by molar-refractivity contribution is 6.04. The van der Waals surface area contributed by atoms with Crippen LogP contribution in [0.1, 0.15) is 48.2 Å². The van der Waals surface area contributed by atoms with E-state index < -0.39 is 17.8 Å². The minimum absolute atomic E-state index is 0.290. The fraction of sp³-hybridized carbons (Fsp3) is 0.368. The molecule has 1 amide bonds. The summed E-state index contributed by atoms with van der Waals surface area (Å²) >= 11 is 0. The quantitative estimate of drug-likeness (QED) is 0.893. The molecule has 0 radical (unpaired) electrons. The number of aromatic nitrogens is 1. The Hall–Kier alpha value is -2.30. The Labute approximate surface area is 140 Å². The van der Waals surface area contributed by atoms with E-state index in [4.69, 9.17) is 0 Å². The molecule has 3 nitrogen and oxygen atoms in total. The van der Waals surface area contributed by atoms with Crippen molar-refractivity contribution >= 4 is 11.6 Å². The number of alkyl halides is 2. The first-order chi connectivity index (χ1) is 11.3. The molecule has 0 saturated heterocycles. The minimum atomic E-state index is -2.41. The molecule has 1 aliphatic carbocycles. The fourth-order valence-electron chi connectivity index (χ4n) is 3.94. The molecule has 0 bridgehead atoms. The lowest BCUT2D eigenvalue weighted by Crippen LogP contribution is -2.31. The minimum Gasteiger partial charge on any atom is -0.322 e. The SMILES string of the molecule is C[C@H]1c2c(NC(=O)c3cccnc3)cccc2C(C)(C)C1C(F)F. The van der Waals surface area contributed by atoms with Crippen molar-refractivity contribution in [2.45, 2.75) is 38.5 Å². The number of amides is 1. The van der Waals surface area contributed by atoms with Gasteiger partial charge in [0.15, 0.2) is 0 Å². The Morgan fingerprint density at radius 1 is 1.25 bits per heavy atom. The van der Waals surface area contributed by atoms with Crippen molar-refractivity contribution in [3.05, 3.63) is 59.4 Å². The van der Waals surface area contributed by atoms with Gasteiger partial charge in [-0.3, -0.25) is 9.78 Å². The number of carbonyl (C=O) groups excluding carboxylic acids is 1. The summed E-state index contributed by atoms with van der Waals surface area (Å²) in [5.41, 5.74) is 2.09. The smallest absolute Gasteiger partial charge is 0.257 e. The van der Waals surface area contributed by atoms with E-state index in [0.29, 0.717) is 11.3 Å². The summed E-state index contributed by atoms with van der Waals surface area (Å²) in [6, 6.07) is 8.81. The summed E-state index contributed by atoms with van der Waals surface area (Å²) in [6.07, 6.45) is 0.659. The van der Waals surface area contributed by atoms with E-state index in [0.717, 1.165) is 11.1 Å². The van der Waals surface area contributed by atoms with E-state index >= 15 is 0 Å². The molecule has 0 aliphatic heterocycles. The number of halogens is 2. The van der Waals surface area contributed by atoms with Crippen molar-refractivity contribution in [1.29, 1.82) is 0 Å². The van der Waals surface area contributed by atoms with Crippen molar-refractivity contribution in [1.82, 2.24) is 4.98 Å². The van der Waals surface area contributed by atoms with Crippen LogP contribution in [0.25, 0.3) is 0 Å². The molecule has 1 heterocycles. The maximum Gasteiger partial charge on any atom is 0.257 e. The van der Waals surface area contributed by atoms with Crippen LogP contribution in [0, 0.1) is 5.92 Å². The Morgan fingerprint density at radius 3 is 2.62 bits per heavy atom. The number of anilines is 1. The first-order valence-electron chi connectivity index (χ1n) is 7.97. The van der Waals surface area contributed by atoms with Gasteiger partial charge < -0.3 is 5.32 Å². The van der Waals surface area contributed by atoms with Gasteiger partial charge in [-0.05, 0) is 40.7 Å². The Kier molecular flexibility index (Phi) is 4.11. The summed E-state index contributed by atoms with van der Waals surface area (Å²) in [4.78, 5) is 16.3. The largest absolute Gasteiger partial charge is 0.322 e. The first-order valence-corrected chi connectivity index (χ1v) is 7.97. The second kappa shape index (κ2) is 5.96. The predicted molar refractivity (Wildman–Crippen MR) is 89.6 cm³/mol. The number of rotatable bonds is 3. The van der Waals surface area contributed by atoms with Crippen molar-refractivity contribution in [3.8, 4) is 0 Å². The van der Waals surface area contributed by atoms with Crippen LogP contribution in [0.4, 0.5) is 14.5 Å². The molecular weight excluding hydrogens is 310 g/mol. The van der Waals surface area contributed by atoms with Crippen LogP contribution >= 0.6 is 0 Å². The molecule has 0 saturated carbocycles. The maximum atomic E-state index is 13.6. The molecule has 1 aromatic carbocycles. The van der Waals surface area contributed by atoms with Gasteiger partial charge in [-0.15, -0.1) is 0 Å². The summed E-state index contributed by atoms with van der Waals surface area (Å²) in [6.45, 7) is 5.50. The topological polar surface area (TPSA) is 42.0 Å². The second-order valence-corrected chi connectivity index (χ2v) is 6.83. The lowest BCUT2D eigenvalue weighted by Gasteiger charge is -2.29. The number of pyridine rings is 1. The van der Waals surface area contributed by atoms with Crippen LogP contribution in [-0.2, 0) is 5.41 Å². The number of fused-ring (bicyclic) bond motifs is 1. The number of hydrogen-bond donors (Lipinski definition) is 1. The number of benzene rings is 1. The van der Waals surface area contributed by atoms with Gasteiger partial charge in [-0.1, -0.05) is 32.9 Å². The molecule has 24 heavy (non-hydrogen) atoms. The van der Waals surface area contributed by atoms with E-state index in [1.807, 2.05) is 26.8 Å². The Balaban J connectivity index is 2.00. The standard InChI is InChI=1S/C19H20F2N2O/c1-11-15-13(19(2,3)16(11)17(20)21)7-4-8-14(15)23-18(24)12-6-5-9-22-10-12/h4-11,16-17H,1-3H3,(H,23,24)/t11-,16?/m0/s1. The van der Waals surface area contributed by atoms with Gasteiger partial charge in [0.1, 0.15) is 0 Å². The number of carbonyl (C=O) groups is 1. The molecule has 126 valence electrons. The van der Waals surface area contributed by atoms with E-state index in [9.17, 15) is 13.6 Å². The normalized spacial score (nSPS) is 21.6. The zero-order valence-corrected chi connectivity index (χ0v) is 13.9. The average molecular weight is 330 g/mol. The van der Waals surface area contributed by atoms with Gasteiger partial charge in [-0.25, -0.2) is 8.78 Å². The fourth-order valence-corrected chi connectivity index (χ4v) is 3.94. The first kappa shape index (κ1) is 16.6. The maximum absolute atomic E-state index is 13.6. The molecular formula is C19H20F2N2O. The summed E-state index contributed by atoms with van der Waals surface area (Å²) in [5, 5.41) is 2.86. The van der Waals surface area contributed by atoms with E-state index in [1.54, 1.807) is 30.5 Å². The van der Waals surface area contributed by atoms with E-state index in [1.165, 1.54) is 6.20 Å². The van der Waals surface area contributed by atoms with Gasteiger partial charge in [0.25, 0.3) is 5.91 Å². The molecule has 1 N–H and O–H groups in total. The highest BCUT2D eigenvalue weighted by Crippen LogP contribution is 2.54. The van der Waals surface area contributed by atoms with Crippen LogP contribution in [-0.4, -0.2) is 17.3 Å². The predicted octanol–water partition coefficient (Wildman–Crippen LogP) is 4.61. The molecule has 0 spiro atoms. The van der Waals surface area contributed by atoms with Crippen molar-refractivity contribution in [2.24, 2.45) is 5.92 Å². The zero-order chi connectivity index (χ0) is 17.5. The number of hydrogen-bond acceptors (Lipinski definition) is 2. The molecule has 3 rings (SSSR count). The van der Waals surface area contributed by atoms with Gasteiger partial charge in [-0.2, -0.15) is 0 Å². The third-order valence-corrected chi connectivity index (χ3v) is 5.07. The third-order valence-electron chi connectivity index (χ3n) is 5.07. The monoisotopic (exact) mass is 330 g/mol. The van der Waals surface area contributed by atoms with Crippen LogP contribution in [0.2, 0.25) is 0 Å². The summed E-state index contributed by atoms with van der Waals surface area (Å²) < 4.78 is 27.2. The molecule has 0 fully saturated rings. The Bertz CT molecular complexity index is 759. The summed E-state index contributed by atoms with van der Waals surface area (Å²) in [7, 11) is 0. The number of nitrogens with zero attached hydrogens (tertiary/aromatic N) is 1.